The number of carbonyl (C=O) groups excluding carboxylic acids is 2. The van der Waals surface area contributed by atoms with Gasteiger partial charge in [-0.15, -0.1) is 0 Å². The average Bonchev–Trinajstić information content (AvgIpc) is 2.89. The summed E-state index contributed by atoms with van der Waals surface area (Å²) in [6, 6.07) is 5.48. The van der Waals surface area contributed by atoms with E-state index in [0.29, 0.717) is 16.7 Å². The zero-order valence-corrected chi connectivity index (χ0v) is 23.0. The Morgan fingerprint density at radius 3 is 2.36 bits per heavy atom. The van der Waals surface area contributed by atoms with Gasteiger partial charge in [0, 0.05) is 36.0 Å². The van der Waals surface area contributed by atoms with Crippen LogP contribution in [0.25, 0.3) is 11.1 Å². The van der Waals surface area contributed by atoms with Gasteiger partial charge in [-0.1, -0.05) is 77.5 Å². The Bertz CT molecular complexity index is 1130. The number of amides is 2. The lowest BCUT2D eigenvalue weighted by atomic mass is 9.84. The minimum absolute atomic E-state index is 0.110. The molecular formula is C32H42N2O2. The predicted octanol–water partition coefficient (Wildman–Crippen LogP) is 7.98. The van der Waals surface area contributed by atoms with Crippen LogP contribution in [0.5, 0.6) is 0 Å². The van der Waals surface area contributed by atoms with Gasteiger partial charge in [0.15, 0.2) is 0 Å². The molecule has 0 aliphatic carbocycles. The molecule has 0 spiro atoms. The molecule has 4 heteroatoms. The zero-order valence-electron chi connectivity index (χ0n) is 23.0. The van der Waals surface area contributed by atoms with Crippen molar-refractivity contribution >= 4 is 29.2 Å². The van der Waals surface area contributed by atoms with Gasteiger partial charge in [-0.2, -0.15) is 0 Å². The molecule has 0 saturated heterocycles. The van der Waals surface area contributed by atoms with E-state index in [1.165, 1.54) is 10.5 Å². The average molecular weight is 487 g/mol. The number of imide groups is 1. The Hall–Kier alpha value is -3.27. The Labute approximate surface area is 217 Å². The molecule has 0 radical (unpaired) electrons. The van der Waals surface area contributed by atoms with Gasteiger partial charge in [-0.05, 0) is 73.1 Å². The summed E-state index contributed by atoms with van der Waals surface area (Å²) < 4.78 is 0. The number of allylic oxidation sites excluding steroid dienone is 7. The number of nitrogens with zero attached hydrogens (tertiary/aromatic N) is 2. The fourth-order valence-corrected chi connectivity index (χ4v) is 4.62. The highest BCUT2D eigenvalue weighted by Crippen LogP contribution is 2.37. The van der Waals surface area contributed by atoms with Crippen molar-refractivity contribution in [3.05, 3.63) is 83.0 Å². The van der Waals surface area contributed by atoms with Crippen molar-refractivity contribution in [2.24, 2.45) is 4.99 Å². The van der Waals surface area contributed by atoms with E-state index in [9.17, 15) is 9.59 Å². The summed E-state index contributed by atoms with van der Waals surface area (Å²) in [5.74, 6) is -0.516. The first-order chi connectivity index (χ1) is 17.2. The Balaban J connectivity index is 2.45. The number of benzene rings is 1. The van der Waals surface area contributed by atoms with Crippen LogP contribution >= 0.6 is 0 Å². The first kappa shape index (κ1) is 29.0. The van der Waals surface area contributed by atoms with E-state index < -0.39 is 0 Å². The Morgan fingerprint density at radius 1 is 1.03 bits per heavy atom. The summed E-state index contributed by atoms with van der Waals surface area (Å²) in [5, 5.41) is 0. The summed E-state index contributed by atoms with van der Waals surface area (Å²) in [6.45, 7) is 18.8. The largest absolute Gasteiger partial charge is 0.297 e. The summed E-state index contributed by atoms with van der Waals surface area (Å²) in [5.41, 5.74) is 6.39. The van der Waals surface area contributed by atoms with Crippen molar-refractivity contribution in [1.29, 1.82) is 0 Å². The van der Waals surface area contributed by atoms with E-state index in [4.69, 9.17) is 0 Å². The van der Waals surface area contributed by atoms with Crippen LogP contribution in [0.2, 0.25) is 0 Å². The summed E-state index contributed by atoms with van der Waals surface area (Å²) in [6.07, 6.45) is 13.6. The number of fused-ring (bicyclic) bond motifs is 1. The lowest BCUT2D eigenvalue weighted by Crippen LogP contribution is -2.48. The number of aliphatic imine (C=N–C) groups is 1. The highest BCUT2D eigenvalue weighted by Gasteiger charge is 2.38. The third kappa shape index (κ3) is 6.48. The van der Waals surface area contributed by atoms with E-state index in [1.54, 1.807) is 19.3 Å². The van der Waals surface area contributed by atoms with Crippen LogP contribution in [0.15, 0.2) is 71.3 Å². The second kappa shape index (κ2) is 13.7. The standard InChI is InChI=1S/C32H42N2O2/c1-9-12-13-15-27(11-3)34-31(35)25(7)30-28(16-14-17-29(30)32(34)36)24(6)22(4)18-19-26(10-2)23(5)20-21-33-8/h14,16-21,27H,6-7,9-13,15H2,1-5,8H3/b22-18+,23-20+,26-19+,33-21?. The number of rotatable bonds is 12. The summed E-state index contributed by atoms with van der Waals surface area (Å²) in [4.78, 5) is 32.5. The van der Waals surface area contributed by atoms with Gasteiger partial charge in [0.1, 0.15) is 0 Å². The van der Waals surface area contributed by atoms with Crippen LogP contribution in [0, 0.1) is 0 Å². The number of carbonyl (C=O) groups is 2. The van der Waals surface area contributed by atoms with Crippen LogP contribution in [0.3, 0.4) is 0 Å². The van der Waals surface area contributed by atoms with Crippen molar-refractivity contribution in [2.75, 3.05) is 7.05 Å². The molecule has 0 saturated carbocycles. The van der Waals surface area contributed by atoms with E-state index >= 15 is 0 Å². The van der Waals surface area contributed by atoms with Crippen molar-refractivity contribution in [2.45, 2.75) is 79.2 Å². The normalized spacial score (nSPS) is 16.1. The Kier molecular flexibility index (Phi) is 11.0. The minimum Gasteiger partial charge on any atom is -0.297 e. The van der Waals surface area contributed by atoms with Crippen LogP contribution in [0.4, 0.5) is 0 Å². The maximum Gasteiger partial charge on any atom is 0.261 e. The van der Waals surface area contributed by atoms with Gasteiger partial charge in [-0.3, -0.25) is 19.5 Å². The highest BCUT2D eigenvalue weighted by atomic mass is 16.2. The molecule has 2 amide bonds. The highest BCUT2D eigenvalue weighted by molar-refractivity contribution is 6.31. The molecule has 4 nitrogen and oxygen atoms in total. The van der Waals surface area contributed by atoms with Crippen LogP contribution in [0.1, 0.15) is 94.6 Å². The van der Waals surface area contributed by atoms with Crippen molar-refractivity contribution in [3.8, 4) is 0 Å². The molecule has 1 aliphatic heterocycles. The molecule has 1 heterocycles. The fraction of sp³-hybridized carbons (Fsp3) is 0.406. The van der Waals surface area contributed by atoms with Crippen LogP contribution < -0.4 is 0 Å². The molecule has 1 unspecified atom stereocenters. The van der Waals surface area contributed by atoms with Crippen LogP contribution in [-0.4, -0.2) is 36.0 Å². The van der Waals surface area contributed by atoms with E-state index in [0.717, 1.165) is 60.8 Å². The first-order valence-electron chi connectivity index (χ1n) is 13.1. The molecule has 0 fully saturated rings. The maximum atomic E-state index is 13.6. The molecular weight excluding hydrogens is 444 g/mol. The van der Waals surface area contributed by atoms with Gasteiger partial charge in [0.2, 0.25) is 0 Å². The minimum atomic E-state index is -0.288. The van der Waals surface area contributed by atoms with Crippen LogP contribution in [-0.2, 0) is 4.79 Å². The monoisotopic (exact) mass is 486 g/mol. The van der Waals surface area contributed by atoms with Gasteiger partial charge in [0.05, 0.1) is 0 Å². The van der Waals surface area contributed by atoms with Gasteiger partial charge in [0.25, 0.3) is 11.8 Å². The SMILES string of the molecule is C=C(/C(C)=C/C=C(CC)/C(C)=C/C=NC)c1cccc2c1C(=C)C(=O)N(C(CC)CCCCC)C2=O. The van der Waals surface area contributed by atoms with Gasteiger partial charge in [-0.25, -0.2) is 0 Å². The molecule has 2 rings (SSSR count). The summed E-state index contributed by atoms with van der Waals surface area (Å²) in [7, 11) is 1.76. The lowest BCUT2D eigenvalue weighted by molar-refractivity contribution is -0.124. The number of hydrogen-bond acceptors (Lipinski definition) is 3. The molecule has 0 N–H and O–H groups in total. The zero-order chi connectivity index (χ0) is 26.8. The molecule has 0 bridgehead atoms. The van der Waals surface area contributed by atoms with Gasteiger partial charge >= 0.3 is 0 Å². The van der Waals surface area contributed by atoms with E-state index in [1.807, 2.05) is 38.1 Å². The first-order valence-corrected chi connectivity index (χ1v) is 13.1. The summed E-state index contributed by atoms with van der Waals surface area (Å²) >= 11 is 0. The third-order valence-electron chi connectivity index (χ3n) is 6.97. The molecule has 0 aromatic heterocycles. The van der Waals surface area contributed by atoms with Crippen molar-refractivity contribution < 1.29 is 9.59 Å². The van der Waals surface area contributed by atoms with Crippen molar-refractivity contribution in [1.82, 2.24) is 4.90 Å². The second-order valence-electron chi connectivity index (χ2n) is 9.38. The maximum absolute atomic E-state index is 13.6. The number of hydrogen-bond donors (Lipinski definition) is 0. The molecule has 192 valence electrons. The molecule has 1 aromatic rings. The number of unbranched alkanes of at least 4 members (excludes halogenated alkanes) is 2. The topological polar surface area (TPSA) is 49.7 Å². The molecule has 1 aliphatic rings. The smallest absolute Gasteiger partial charge is 0.261 e. The van der Waals surface area contributed by atoms with Crippen molar-refractivity contribution in [3.63, 3.8) is 0 Å². The third-order valence-corrected chi connectivity index (χ3v) is 6.97. The molecule has 1 aromatic carbocycles. The second-order valence-corrected chi connectivity index (χ2v) is 9.38. The fourth-order valence-electron chi connectivity index (χ4n) is 4.62. The quantitative estimate of drug-likeness (QED) is 0.0988. The molecule has 36 heavy (non-hydrogen) atoms. The Morgan fingerprint density at radius 2 is 1.75 bits per heavy atom. The predicted molar refractivity (Wildman–Crippen MR) is 154 cm³/mol. The molecule has 1 atom stereocenters. The van der Waals surface area contributed by atoms with E-state index in [2.05, 4.69) is 45.0 Å². The van der Waals surface area contributed by atoms with E-state index in [-0.39, 0.29) is 17.9 Å². The van der Waals surface area contributed by atoms with Gasteiger partial charge < -0.3 is 0 Å². The lowest BCUT2D eigenvalue weighted by Gasteiger charge is -2.35.